The second-order valence-electron chi connectivity index (χ2n) is 8.55. The highest BCUT2D eigenvalue weighted by Crippen LogP contribution is 2.49. The van der Waals surface area contributed by atoms with Gasteiger partial charge in [0.1, 0.15) is 11.9 Å². The minimum Gasteiger partial charge on any atom is -0.493 e. The largest absolute Gasteiger partial charge is 0.493 e. The van der Waals surface area contributed by atoms with Crippen molar-refractivity contribution in [2.75, 3.05) is 14.2 Å². The van der Waals surface area contributed by atoms with Crippen molar-refractivity contribution in [3.63, 3.8) is 0 Å². The molecule has 1 unspecified atom stereocenters. The molecule has 0 radical (unpaired) electrons. The molecular formula is C27H17BrN4O6. The standard InChI is InChI=1S/C27H17BrN4O6/c1-34-16-8-7-13(11-18(16)35-2)20-21-23(14-5-3-4-6-15(14)37-27(21)33)38-26-22(20)25-30-24(31-32(25)12-29-26)17-9-10-19(28)36-17/h3-12,20H,1-2H3. The molecule has 188 valence electrons. The molecule has 0 spiro atoms. The van der Waals surface area contributed by atoms with Crippen molar-refractivity contribution in [3.8, 4) is 34.7 Å². The van der Waals surface area contributed by atoms with E-state index >= 15 is 0 Å². The zero-order valence-corrected chi connectivity index (χ0v) is 21.6. The van der Waals surface area contributed by atoms with Crippen LogP contribution in [0.1, 0.15) is 22.6 Å². The number of ether oxygens (including phenoxy) is 3. The summed E-state index contributed by atoms with van der Waals surface area (Å²) in [7, 11) is 3.12. The predicted octanol–water partition coefficient (Wildman–Crippen LogP) is 5.56. The van der Waals surface area contributed by atoms with Gasteiger partial charge in [0.2, 0.25) is 11.7 Å². The van der Waals surface area contributed by atoms with Gasteiger partial charge in [-0.3, -0.25) is 0 Å². The fourth-order valence-corrected chi connectivity index (χ4v) is 5.14. The van der Waals surface area contributed by atoms with Gasteiger partial charge in [0, 0.05) is 0 Å². The van der Waals surface area contributed by atoms with E-state index in [1.807, 2.05) is 24.3 Å². The summed E-state index contributed by atoms with van der Waals surface area (Å²) in [6, 6.07) is 16.2. The number of para-hydroxylation sites is 1. The van der Waals surface area contributed by atoms with E-state index < -0.39 is 11.5 Å². The van der Waals surface area contributed by atoms with Crippen LogP contribution in [-0.2, 0) is 0 Å². The average Bonchev–Trinajstić information content (AvgIpc) is 3.58. The third-order valence-corrected chi connectivity index (χ3v) is 6.92. The first-order valence-corrected chi connectivity index (χ1v) is 12.3. The van der Waals surface area contributed by atoms with Crippen molar-refractivity contribution in [1.29, 1.82) is 0 Å². The lowest BCUT2D eigenvalue weighted by Gasteiger charge is -2.27. The molecule has 10 nitrogen and oxygen atoms in total. The Bertz CT molecular complexity index is 1940. The van der Waals surface area contributed by atoms with Gasteiger partial charge in [0.05, 0.1) is 36.7 Å². The molecule has 11 heteroatoms. The van der Waals surface area contributed by atoms with E-state index in [4.69, 9.17) is 28.0 Å². The number of rotatable bonds is 4. The Morgan fingerprint density at radius 2 is 1.82 bits per heavy atom. The number of methoxy groups -OCH3 is 2. The van der Waals surface area contributed by atoms with Crippen LogP contribution in [0.5, 0.6) is 23.1 Å². The number of nitrogens with zero attached hydrogens (tertiary/aromatic N) is 4. The monoisotopic (exact) mass is 572 g/mol. The molecule has 0 N–H and O–H groups in total. The molecule has 5 heterocycles. The highest BCUT2D eigenvalue weighted by Gasteiger charge is 2.38. The molecule has 1 aliphatic rings. The van der Waals surface area contributed by atoms with E-state index in [2.05, 4.69) is 26.0 Å². The number of hydrogen-bond acceptors (Lipinski definition) is 9. The highest BCUT2D eigenvalue weighted by atomic mass is 79.9. The minimum absolute atomic E-state index is 0.306. The fourth-order valence-electron chi connectivity index (χ4n) is 4.83. The Kier molecular flexibility index (Phi) is 5.02. The van der Waals surface area contributed by atoms with Crippen LogP contribution in [0.4, 0.5) is 0 Å². The Labute approximate surface area is 222 Å². The molecule has 0 bridgehead atoms. The van der Waals surface area contributed by atoms with Gasteiger partial charge >= 0.3 is 5.63 Å². The Morgan fingerprint density at radius 3 is 2.61 bits per heavy atom. The van der Waals surface area contributed by atoms with E-state index in [-0.39, 0.29) is 0 Å². The number of furan rings is 1. The van der Waals surface area contributed by atoms with Crippen molar-refractivity contribution in [3.05, 3.63) is 92.7 Å². The van der Waals surface area contributed by atoms with Crippen molar-refractivity contribution < 1.29 is 23.0 Å². The van der Waals surface area contributed by atoms with Gasteiger partial charge in [-0.15, -0.1) is 5.10 Å². The number of hydrogen-bond donors (Lipinski definition) is 0. The molecule has 2 aromatic carbocycles. The molecule has 0 fully saturated rings. The first-order chi connectivity index (χ1) is 18.6. The molecule has 1 aliphatic heterocycles. The highest BCUT2D eigenvalue weighted by molar-refractivity contribution is 9.10. The molecule has 0 saturated heterocycles. The van der Waals surface area contributed by atoms with Gasteiger partial charge in [0.15, 0.2) is 33.3 Å². The molecule has 6 aromatic rings. The van der Waals surface area contributed by atoms with Gasteiger partial charge in [-0.2, -0.15) is 0 Å². The Morgan fingerprint density at radius 1 is 0.974 bits per heavy atom. The topological polar surface area (TPSA) is 114 Å². The maximum absolute atomic E-state index is 13.5. The SMILES string of the molecule is COc1ccc(C2c3c(c4ccccc4oc3=O)Oc3ncn4nc(-c5ccc(Br)o5)nc4c32)cc1OC. The summed E-state index contributed by atoms with van der Waals surface area (Å²) < 4.78 is 30.8. The van der Waals surface area contributed by atoms with Crippen LogP contribution in [-0.4, -0.2) is 33.8 Å². The fraction of sp³-hybridized carbons (Fsp3) is 0.111. The lowest BCUT2D eigenvalue weighted by molar-refractivity contribution is 0.354. The number of aromatic nitrogens is 4. The maximum atomic E-state index is 13.5. The van der Waals surface area contributed by atoms with E-state index in [0.29, 0.717) is 67.1 Å². The average molecular weight is 573 g/mol. The lowest BCUT2D eigenvalue weighted by Crippen LogP contribution is -2.22. The van der Waals surface area contributed by atoms with Gasteiger partial charge in [-0.1, -0.05) is 18.2 Å². The number of benzene rings is 2. The summed E-state index contributed by atoms with van der Waals surface area (Å²) in [6.45, 7) is 0. The van der Waals surface area contributed by atoms with Crippen molar-refractivity contribution in [2.24, 2.45) is 0 Å². The van der Waals surface area contributed by atoms with Crippen LogP contribution < -0.4 is 19.8 Å². The first-order valence-electron chi connectivity index (χ1n) is 11.5. The lowest BCUT2D eigenvalue weighted by atomic mass is 9.84. The summed E-state index contributed by atoms with van der Waals surface area (Å²) in [5, 5.41) is 5.20. The zero-order valence-electron chi connectivity index (χ0n) is 20.0. The molecule has 38 heavy (non-hydrogen) atoms. The van der Waals surface area contributed by atoms with E-state index in [1.165, 1.54) is 10.8 Å². The summed E-state index contributed by atoms with van der Waals surface area (Å²) >= 11 is 3.32. The zero-order chi connectivity index (χ0) is 26.0. The Balaban J connectivity index is 1.55. The molecular weight excluding hydrogens is 556 g/mol. The Hall–Kier alpha value is -4.64. The van der Waals surface area contributed by atoms with Crippen LogP contribution >= 0.6 is 15.9 Å². The van der Waals surface area contributed by atoms with Crippen LogP contribution in [0.3, 0.4) is 0 Å². The second kappa shape index (κ2) is 8.45. The van der Waals surface area contributed by atoms with Crippen molar-refractivity contribution in [2.45, 2.75) is 5.92 Å². The van der Waals surface area contributed by atoms with Crippen LogP contribution in [0.25, 0.3) is 28.2 Å². The quantitative estimate of drug-likeness (QED) is 0.250. The molecule has 0 aliphatic carbocycles. The summed E-state index contributed by atoms with van der Waals surface area (Å²) in [4.78, 5) is 22.8. The van der Waals surface area contributed by atoms with E-state index in [1.54, 1.807) is 44.6 Å². The normalized spacial score (nSPS) is 14.2. The van der Waals surface area contributed by atoms with Crippen LogP contribution in [0, 0.1) is 0 Å². The van der Waals surface area contributed by atoms with Gasteiger partial charge in [-0.05, 0) is 57.9 Å². The van der Waals surface area contributed by atoms with E-state index in [9.17, 15) is 4.79 Å². The summed E-state index contributed by atoms with van der Waals surface area (Å²) in [5.74, 6) is 1.92. The maximum Gasteiger partial charge on any atom is 0.344 e. The minimum atomic E-state index is -0.661. The van der Waals surface area contributed by atoms with E-state index in [0.717, 1.165) is 5.56 Å². The number of halogens is 1. The van der Waals surface area contributed by atoms with Gasteiger partial charge < -0.3 is 23.0 Å². The smallest absolute Gasteiger partial charge is 0.344 e. The summed E-state index contributed by atoms with van der Waals surface area (Å²) in [6.07, 6.45) is 1.52. The molecule has 0 amide bonds. The van der Waals surface area contributed by atoms with Crippen molar-refractivity contribution >= 4 is 32.5 Å². The molecule has 0 saturated carbocycles. The van der Waals surface area contributed by atoms with Crippen LogP contribution in [0.15, 0.2) is 79.2 Å². The predicted molar refractivity (Wildman–Crippen MR) is 139 cm³/mol. The molecule has 4 aromatic heterocycles. The third kappa shape index (κ3) is 3.32. The molecule has 1 atom stereocenters. The van der Waals surface area contributed by atoms with Crippen molar-refractivity contribution in [1.82, 2.24) is 19.6 Å². The number of fused-ring (bicyclic) bond motifs is 6. The second-order valence-corrected chi connectivity index (χ2v) is 9.33. The first kappa shape index (κ1) is 22.5. The van der Waals surface area contributed by atoms with Gasteiger partial charge in [-0.25, -0.2) is 19.3 Å². The third-order valence-electron chi connectivity index (χ3n) is 6.50. The van der Waals surface area contributed by atoms with Gasteiger partial charge in [0.25, 0.3) is 0 Å². The summed E-state index contributed by atoms with van der Waals surface area (Å²) in [5.41, 5.74) is 1.95. The molecule has 7 rings (SSSR count). The van der Waals surface area contributed by atoms with Crippen LogP contribution in [0.2, 0.25) is 0 Å².